The number of para-hydroxylation sites is 1. The lowest BCUT2D eigenvalue weighted by atomic mass is 10.0. The number of pyridine rings is 1. The number of anilines is 1. The van der Waals surface area contributed by atoms with Crippen molar-refractivity contribution in [3.8, 4) is 0 Å². The molecule has 0 spiro atoms. The zero-order chi connectivity index (χ0) is 14.8. The van der Waals surface area contributed by atoms with Gasteiger partial charge in [0.25, 0.3) is 5.56 Å². The molecular formula is C16H15ClN2O2. The number of carbonyl (C=O) groups excluding carboxylic acids is 1. The molecule has 0 fully saturated rings. The van der Waals surface area contributed by atoms with Crippen LogP contribution in [0.15, 0.2) is 47.4 Å². The first-order valence-corrected chi connectivity index (χ1v) is 7.27. The van der Waals surface area contributed by atoms with Crippen molar-refractivity contribution >= 4 is 23.2 Å². The molecule has 0 aliphatic carbocycles. The summed E-state index contributed by atoms with van der Waals surface area (Å²) in [6.07, 6.45) is 3.42. The standard InChI is InChI=1S/C16H15ClN2O2/c17-13-7-8-15(20)18(10-13)11-16(21)19-9-3-5-12-4-1-2-6-14(12)19/h1-2,4,6-8,10H,3,5,9,11H2. The van der Waals surface area contributed by atoms with E-state index in [1.165, 1.54) is 28.5 Å². The first-order valence-electron chi connectivity index (χ1n) is 6.89. The normalized spacial score (nSPS) is 13.9. The maximum Gasteiger partial charge on any atom is 0.251 e. The summed E-state index contributed by atoms with van der Waals surface area (Å²) in [7, 11) is 0. The van der Waals surface area contributed by atoms with E-state index in [0.717, 1.165) is 18.5 Å². The van der Waals surface area contributed by atoms with Crippen LogP contribution in [-0.2, 0) is 17.8 Å². The summed E-state index contributed by atoms with van der Waals surface area (Å²) in [4.78, 5) is 26.0. The molecule has 1 amide bonds. The molecule has 108 valence electrons. The van der Waals surface area contributed by atoms with E-state index in [2.05, 4.69) is 0 Å². The maximum absolute atomic E-state index is 12.5. The number of hydrogen-bond donors (Lipinski definition) is 0. The second kappa shape index (κ2) is 5.74. The number of carbonyl (C=O) groups is 1. The Bertz CT molecular complexity index is 739. The number of amides is 1. The predicted octanol–water partition coefficient (Wildman–Crippen LogP) is 2.48. The van der Waals surface area contributed by atoms with Crippen LogP contribution in [0.5, 0.6) is 0 Å². The molecule has 0 radical (unpaired) electrons. The summed E-state index contributed by atoms with van der Waals surface area (Å²) in [5.74, 6) is -0.0912. The van der Waals surface area contributed by atoms with Gasteiger partial charge < -0.3 is 9.47 Å². The van der Waals surface area contributed by atoms with E-state index in [-0.39, 0.29) is 18.0 Å². The first kappa shape index (κ1) is 13.9. The Morgan fingerprint density at radius 2 is 2.00 bits per heavy atom. The van der Waals surface area contributed by atoms with Crippen molar-refractivity contribution in [2.45, 2.75) is 19.4 Å². The van der Waals surface area contributed by atoms with Crippen LogP contribution in [0.3, 0.4) is 0 Å². The second-order valence-corrected chi connectivity index (χ2v) is 5.53. The monoisotopic (exact) mass is 302 g/mol. The summed E-state index contributed by atoms with van der Waals surface area (Å²) in [6, 6.07) is 10.8. The highest BCUT2D eigenvalue weighted by molar-refractivity contribution is 6.30. The zero-order valence-corrected chi connectivity index (χ0v) is 12.2. The number of rotatable bonds is 2. The van der Waals surface area contributed by atoms with Crippen LogP contribution in [0.2, 0.25) is 5.02 Å². The number of nitrogens with zero attached hydrogens (tertiary/aromatic N) is 2. The van der Waals surface area contributed by atoms with Crippen LogP contribution in [0.4, 0.5) is 5.69 Å². The molecule has 0 saturated heterocycles. The number of halogens is 1. The van der Waals surface area contributed by atoms with Crippen LogP contribution in [0.25, 0.3) is 0 Å². The molecule has 1 aliphatic heterocycles. The van der Waals surface area contributed by atoms with Gasteiger partial charge >= 0.3 is 0 Å². The summed E-state index contributed by atoms with van der Waals surface area (Å²) in [5.41, 5.74) is 1.90. The maximum atomic E-state index is 12.5. The van der Waals surface area contributed by atoms with Crippen LogP contribution >= 0.6 is 11.6 Å². The van der Waals surface area contributed by atoms with Crippen molar-refractivity contribution in [2.75, 3.05) is 11.4 Å². The van der Waals surface area contributed by atoms with Crippen LogP contribution in [0, 0.1) is 0 Å². The molecule has 0 N–H and O–H groups in total. The highest BCUT2D eigenvalue weighted by Crippen LogP contribution is 2.26. The SMILES string of the molecule is O=C(Cn1cc(Cl)ccc1=O)N1CCCc2ccccc21. The van der Waals surface area contributed by atoms with E-state index < -0.39 is 0 Å². The third-order valence-electron chi connectivity index (χ3n) is 3.66. The van der Waals surface area contributed by atoms with Crippen LogP contribution in [-0.4, -0.2) is 17.0 Å². The molecule has 4 nitrogen and oxygen atoms in total. The fraction of sp³-hybridized carbons (Fsp3) is 0.250. The van der Waals surface area contributed by atoms with E-state index >= 15 is 0 Å². The van der Waals surface area contributed by atoms with Crippen LogP contribution in [0.1, 0.15) is 12.0 Å². The van der Waals surface area contributed by atoms with Gasteiger partial charge in [0.15, 0.2) is 0 Å². The predicted molar refractivity (Wildman–Crippen MR) is 82.8 cm³/mol. The van der Waals surface area contributed by atoms with Gasteiger partial charge in [-0.1, -0.05) is 29.8 Å². The third kappa shape index (κ3) is 2.85. The summed E-state index contributed by atoms with van der Waals surface area (Å²) >= 11 is 5.88. The van der Waals surface area contributed by atoms with Gasteiger partial charge in [0.05, 0.1) is 5.02 Å². The van der Waals surface area contributed by atoms with Gasteiger partial charge in [-0.05, 0) is 30.5 Å². The molecule has 5 heteroatoms. The largest absolute Gasteiger partial charge is 0.311 e. The molecule has 2 aromatic rings. The Balaban J connectivity index is 1.87. The molecule has 0 saturated carbocycles. The fourth-order valence-corrected chi connectivity index (χ4v) is 2.83. The molecule has 1 aromatic carbocycles. The van der Waals surface area contributed by atoms with Crippen LogP contribution < -0.4 is 10.5 Å². The lowest BCUT2D eigenvalue weighted by Crippen LogP contribution is -2.39. The fourth-order valence-electron chi connectivity index (χ4n) is 2.65. The molecule has 3 rings (SSSR count). The van der Waals surface area contributed by atoms with E-state index in [4.69, 9.17) is 11.6 Å². The molecule has 0 unspecified atom stereocenters. The molecule has 0 bridgehead atoms. The van der Waals surface area contributed by atoms with E-state index in [9.17, 15) is 9.59 Å². The summed E-state index contributed by atoms with van der Waals surface area (Å²) in [5, 5.41) is 0.446. The lowest BCUT2D eigenvalue weighted by molar-refractivity contribution is -0.119. The third-order valence-corrected chi connectivity index (χ3v) is 3.89. The average molecular weight is 303 g/mol. The molecule has 1 aromatic heterocycles. The van der Waals surface area contributed by atoms with E-state index in [0.29, 0.717) is 11.6 Å². The zero-order valence-electron chi connectivity index (χ0n) is 11.5. The summed E-state index contributed by atoms with van der Waals surface area (Å²) in [6.45, 7) is 0.693. The van der Waals surface area contributed by atoms with Gasteiger partial charge in [-0.2, -0.15) is 0 Å². The van der Waals surface area contributed by atoms with Gasteiger partial charge in [-0.15, -0.1) is 0 Å². The highest BCUT2D eigenvalue weighted by atomic mass is 35.5. The smallest absolute Gasteiger partial charge is 0.251 e. The molecular weight excluding hydrogens is 288 g/mol. The van der Waals surface area contributed by atoms with E-state index in [1.54, 1.807) is 4.90 Å². The first-order chi connectivity index (χ1) is 10.1. The Kier molecular flexibility index (Phi) is 3.80. The quantitative estimate of drug-likeness (QED) is 0.855. The minimum Gasteiger partial charge on any atom is -0.311 e. The molecule has 21 heavy (non-hydrogen) atoms. The molecule has 1 aliphatic rings. The Hall–Kier alpha value is -2.07. The molecule has 0 atom stereocenters. The number of benzene rings is 1. The lowest BCUT2D eigenvalue weighted by Gasteiger charge is -2.29. The summed E-state index contributed by atoms with van der Waals surface area (Å²) < 4.78 is 1.35. The van der Waals surface area contributed by atoms with E-state index in [1.807, 2.05) is 24.3 Å². The minimum atomic E-state index is -0.224. The van der Waals surface area contributed by atoms with Crippen molar-refractivity contribution in [1.29, 1.82) is 0 Å². The Morgan fingerprint density at radius 1 is 1.19 bits per heavy atom. The van der Waals surface area contributed by atoms with Crippen molar-refractivity contribution in [3.05, 3.63) is 63.5 Å². The second-order valence-electron chi connectivity index (χ2n) is 5.09. The number of aromatic nitrogens is 1. The topological polar surface area (TPSA) is 42.3 Å². The number of aryl methyl sites for hydroxylation is 1. The average Bonchev–Trinajstić information content (AvgIpc) is 2.50. The van der Waals surface area contributed by atoms with Crippen molar-refractivity contribution in [3.63, 3.8) is 0 Å². The Labute approximate surface area is 127 Å². The van der Waals surface area contributed by atoms with Gasteiger partial charge in [0.2, 0.25) is 5.91 Å². The van der Waals surface area contributed by atoms with Crippen molar-refractivity contribution in [2.24, 2.45) is 0 Å². The Morgan fingerprint density at radius 3 is 2.86 bits per heavy atom. The number of hydrogen-bond acceptors (Lipinski definition) is 2. The van der Waals surface area contributed by atoms with Gasteiger partial charge in [0, 0.05) is 24.5 Å². The van der Waals surface area contributed by atoms with Crippen molar-refractivity contribution in [1.82, 2.24) is 4.57 Å². The van der Waals surface area contributed by atoms with Gasteiger partial charge in [0.1, 0.15) is 6.54 Å². The van der Waals surface area contributed by atoms with Crippen molar-refractivity contribution < 1.29 is 4.79 Å². The van der Waals surface area contributed by atoms with Gasteiger partial charge in [-0.3, -0.25) is 9.59 Å². The minimum absolute atomic E-state index is 0.00767. The number of fused-ring (bicyclic) bond motifs is 1. The highest BCUT2D eigenvalue weighted by Gasteiger charge is 2.22. The van der Waals surface area contributed by atoms with Gasteiger partial charge in [-0.25, -0.2) is 0 Å². The molecule has 2 heterocycles.